The van der Waals surface area contributed by atoms with Gasteiger partial charge in [-0.1, -0.05) is 0 Å². The fourth-order valence-electron chi connectivity index (χ4n) is 2.10. The molecule has 1 N–H and O–H groups in total. The Hall–Kier alpha value is -1.32. The van der Waals surface area contributed by atoms with Crippen molar-refractivity contribution in [3.05, 3.63) is 18.0 Å². The summed E-state index contributed by atoms with van der Waals surface area (Å²) in [5, 5.41) is 7.19. The zero-order chi connectivity index (χ0) is 10.4. The molecule has 4 heteroatoms. The molecule has 0 aromatic carbocycles. The summed E-state index contributed by atoms with van der Waals surface area (Å²) in [4.78, 5) is 11.7. The van der Waals surface area contributed by atoms with Crippen molar-refractivity contribution in [3.63, 3.8) is 0 Å². The van der Waals surface area contributed by atoms with E-state index in [0.717, 1.165) is 19.3 Å². The monoisotopic (exact) mass is 205 g/mol. The minimum absolute atomic E-state index is 0.195. The maximum atomic E-state index is 11.7. The fraction of sp³-hybridized carbons (Fsp3) is 0.636. The smallest absolute Gasteiger partial charge is 0.224 e. The molecular weight excluding hydrogens is 190 g/mol. The summed E-state index contributed by atoms with van der Waals surface area (Å²) in [5.74, 6) is 0.834. The van der Waals surface area contributed by atoms with Crippen molar-refractivity contribution in [2.75, 3.05) is 0 Å². The Kier molecular flexibility index (Phi) is 1.84. The SMILES string of the molecule is Cn1nccc1[C@@H]1C[C@@H]1C(=O)NC1CC1. The Balaban J connectivity index is 1.63. The third-order valence-corrected chi connectivity index (χ3v) is 3.29. The predicted octanol–water partition coefficient (Wildman–Crippen LogP) is 0.802. The number of nitrogens with one attached hydrogen (secondary N) is 1. The van der Waals surface area contributed by atoms with E-state index in [-0.39, 0.29) is 11.8 Å². The molecule has 1 heterocycles. The molecular formula is C11H15N3O. The quantitative estimate of drug-likeness (QED) is 0.793. The molecule has 0 spiro atoms. The van der Waals surface area contributed by atoms with E-state index in [1.54, 1.807) is 6.20 Å². The summed E-state index contributed by atoms with van der Waals surface area (Å²) in [7, 11) is 1.93. The summed E-state index contributed by atoms with van der Waals surface area (Å²) in [6.45, 7) is 0. The van der Waals surface area contributed by atoms with Gasteiger partial charge in [-0.25, -0.2) is 0 Å². The maximum absolute atomic E-state index is 11.7. The lowest BCUT2D eigenvalue weighted by molar-refractivity contribution is -0.122. The van der Waals surface area contributed by atoms with Crippen LogP contribution in [0.1, 0.15) is 30.9 Å². The minimum atomic E-state index is 0.195. The minimum Gasteiger partial charge on any atom is -0.353 e. The number of carbonyl (C=O) groups excluding carboxylic acids is 1. The van der Waals surface area contributed by atoms with Gasteiger partial charge in [0.1, 0.15) is 0 Å². The Bertz CT molecular complexity index is 394. The summed E-state index contributed by atoms with van der Waals surface area (Å²) in [6.07, 6.45) is 5.10. The Labute approximate surface area is 88.7 Å². The van der Waals surface area contributed by atoms with E-state index in [1.165, 1.54) is 5.69 Å². The third kappa shape index (κ3) is 1.64. The first kappa shape index (κ1) is 8.95. The van der Waals surface area contributed by atoms with Crippen molar-refractivity contribution in [3.8, 4) is 0 Å². The van der Waals surface area contributed by atoms with Gasteiger partial charge in [0.25, 0.3) is 0 Å². The second-order valence-electron chi connectivity index (χ2n) is 4.61. The van der Waals surface area contributed by atoms with Crippen LogP contribution >= 0.6 is 0 Å². The van der Waals surface area contributed by atoms with Crippen LogP contribution in [-0.4, -0.2) is 21.7 Å². The van der Waals surface area contributed by atoms with Gasteiger partial charge in [0.05, 0.1) is 0 Å². The van der Waals surface area contributed by atoms with Crippen LogP contribution in [0.3, 0.4) is 0 Å². The van der Waals surface area contributed by atoms with Crippen molar-refractivity contribution >= 4 is 5.91 Å². The molecule has 0 radical (unpaired) electrons. The molecule has 2 fully saturated rings. The van der Waals surface area contributed by atoms with Crippen LogP contribution < -0.4 is 5.32 Å². The largest absolute Gasteiger partial charge is 0.353 e. The lowest BCUT2D eigenvalue weighted by atomic mass is 10.2. The van der Waals surface area contributed by atoms with Gasteiger partial charge >= 0.3 is 0 Å². The van der Waals surface area contributed by atoms with Crippen LogP contribution in [-0.2, 0) is 11.8 Å². The van der Waals surface area contributed by atoms with Gasteiger partial charge in [0.2, 0.25) is 5.91 Å². The zero-order valence-corrected chi connectivity index (χ0v) is 8.81. The third-order valence-electron chi connectivity index (χ3n) is 3.29. The van der Waals surface area contributed by atoms with Gasteiger partial charge in [-0.3, -0.25) is 9.48 Å². The summed E-state index contributed by atoms with van der Waals surface area (Å²) >= 11 is 0. The first-order valence-electron chi connectivity index (χ1n) is 5.54. The second-order valence-corrected chi connectivity index (χ2v) is 4.61. The highest BCUT2D eigenvalue weighted by Crippen LogP contribution is 2.47. The molecule has 2 atom stereocenters. The number of carbonyl (C=O) groups is 1. The number of rotatable bonds is 3. The van der Waals surface area contributed by atoms with Crippen LogP contribution in [0.5, 0.6) is 0 Å². The number of amides is 1. The van der Waals surface area contributed by atoms with Crippen molar-refractivity contribution in [2.45, 2.75) is 31.2 Å². The van der Waals surface area contributed by atoms with Gasteiger partial charge in [-0.2, -0.15) is 5.10 Å². The van der Waals surface area contributed by atoms with Crippen molar-refractivity contribution < 1.29 is 4.79 Å². The second kappa shape index (κ2) is 3.08. The molecule has 1 aromatic heterocycles. The molecule has 15 heavy (non-hydrogen) atoms. The van der Waals surface area contributed by atoms with Crippen LogP contribution in [0.2, 0.25) is 0 Å². The average molecular weight is 205 g/mol. The van der Waals surface area contributed by atoms with Gasteiger partial charge in [0, 0.05) is 36.8 Å². The summed E-state index contributed by atoms with van der Waals surface area (Å²) in [5.41, 5.74) is 1.19. The van der Waals surface area contributed by atoms with E-state index < -0.39 is 0 Å². The molecule has 80 valence electrons. The van der Waals surface area contributed by atoms with E-state index in [1.807, 2.05) is 17.8 Å². The van der Waals surface area contributed by atoms with E-state index >= 15 is 0 Å². The Morgan fingerprint density at radius 1 is 1.60 bits per heavy atom. The number of aromatic nitrogens is 2. The highest BCUT2D eigenvalue weighted by atomic mass is 16.2. The highest BCUT2D eigenvalue weighted by molar-refractivity contribution is 5.83. The molecule has 4 nitrogen and oxygen atoms in total. The number of aryl methyl sites for hydroxylation is 1. The molecule has 2 saturated carbocycles. The molecule has 1 aromatic rings. The standard InChI is InChI=1S/C11H15N3O/c1-14-10(4-5-12-14)8-6-9(8)11(15)13-7-2-3-7/h4-5,7-9H,2-3,6H2,1H3,(H,13,15)/t8-,9+/m1/s1. The zero-order valence-electron chi connectivity index (χ0n) is 8.81. The number of hydrogen-bond acceptors (Lipinski definition) is 2. The first-order chi connectivity index (χ1) is 7.25. The van der Waals surface area contributed by atoms with Crippen LogP contribution in [0, 0.1) is 5.92 Å². The normalized spacial score (nSPS) is 28.9. The maximum Gasteiger partial charge on any atom is 0.224 e. The van der Waals surface area contributed by atoms with E-state index in [2.05, 4.69) is 10.4 Å². The van der Waals surface area contributed by atoms with Crippen molar-refractivity contribution in [1.82, 2.24) is 15.1 Å². The van der Waals surface area contributed by atoms with E-state index in [0.29, 0.717) is 12.0 Å². The van der Waals surface area contributed by atoms with E-state index in [4.69, 9.17) is 0 Å². The van der Waals surface area contributed by atoms with Gasteiger partial charge in [-0.05, 0) is 25.3 Å². The highest BCUT2D eigenvalue weighted by Gasteiger charge is 2.46. The molecule has 1 amide bonds. The van der Waals surface area contributed by atoms with Crippen molar-refractivity contribution in [1.29, 1.82) is 0 Å². The van der Waals surface area contributed by atoms with Crippen LogP contribution in [0.25, 0.3) is 0 Å². The topological polar surface area (TPSA) is 46.9 Å². The molecule has 2 aliphatic rings. The molecule has 0 saturated heterocycles. The van der Waals surface area contributed by atoms with E-state index in [9.17, 15) is 4.79 Å². The molecule has 2 aliphatic carbocycles. The first-order valence-corrected chi connectivity index (χ1v) is 5.54. The Morgan fingerprint density at radius 2 is 2.40 bits per heavy atom. The lowest BCUT2D eigenvalue weighted by Gasteiger charge is -2.02. The molecule has 0 unspecified atom stereocenters. The summed E-state index contributed by atoms with van der Waals surface area (Å²) < 4.78 is 1.87. The van der Waals surface area contributed by atoms with Crippen molar-refractivity contribution in [2.24, 2.45) is 13.0 Å². The fourth-order valence-corrected chi connectivity index (χ4v) is 2.10. The number of nitrogens with zero attached hydrogens (tertiary/aromatic N) is 2. The summed E-state index contributed by atoms with van der Waals surface area (Å²) in [6, 6.07) is 2.49. The molecule has 0 aliphatic heterocycles. The molecule has 0 bridgehead atoms. The van der Waals surface area contributed by atoms with Gasteiger partial charge < -0.3 is 5.32 Å². The lowest BCUT2D eigenvalue weighted by Crippen LogP contribution is -2.27. The number of hydrogen-bond donors (Lipinski definition) is 1. The average Bonchev–Trinajstić information content (AvgIpc) is 3.08. The van der Waals surface area contributed by atoms with Gasteiger partial charge in [0.15, 0.2) is 0 Å². The van der Waals surface area contributed by atoms with Gasteiger partial charge in [-0.15, -0.1) is 0 Å². The predicted molar refractivity (Wildman–Crippen MR) is 55.2 cm³/mol. The van der Waals surface area contributed by atoms with Crippen LogP contribution in [0.15, 0.2) is 12.3 Å². The Morgan fingerprint density at radius 3 is 3.00 bits per heavy atom. The van der Waals surface area contributed by atoms with Crippen LogP contribution in [0.4, 0.5) is 0 Å². The molecule has 3 rings (SSSR count).